The van der Waals surface area contributed by atoms with Crippen molar-refractivity contribution in [1.82, 2.24) is 4.90 Å². The second-order valence-corrected chi connectivity index (χ2v) is 4.64. The zero-order chi connectivity index (χ0) is 12.3. The third-order valence-corrected chi connectivity index (χ3v) is 3.41. The molecule has 0 saturated carbocycles. The molecule has 2 N–H and O–H groups in total. The lowest BCUT2D eigenvalue weighted by molar-refractivity contribution is 0.0760. The normalized spacial score (nSPS) is 15.6. The molecule has 1 aromatic rings. The van der Waals surface area contributed by atoms with Crippen LogP contribution in [-0.4, -0.2) is 30.4 Å². The molecule has 0 fully saturated rings. The van der Waals surface area contributed by atoms with Crippen molar-refractivity contribution in [3.63, 3.8) is 0 Å². The summed E-state index contributed by atoms with van der Waals surface area (Å²) in [6.45, 7) is 4.36. The molecule has 0 aliphatic carbocycles. The number of rotatable bonds is 3. The van der Waals surface area contributed by atoms with E-state index in [0.717, 1.165) is 37.9 Å². The number of hydrogen-bond donors (Lipinski definition) is 1. The van der Waals surface area contributed by atoms with Gasteiger partial charge in [-0.25, -0.2) is 0 Å². The molecule has 0 spiro atoms. The summed E-state index contributed by atoms with van der Waals surface area (Å²) >= 11 is 0. The Labute approximate surface area is 103 Å². The highest BCUT2D eigenvalue weighted by Gasteiger charge is 2.22. The van der Waals surface area contributed by atoms with Crippen molar-refractivity contribution in [2.24, 2.45) is 5.73 Å². The molecule has 1 heterocycles. The average Bonchev–Trinajstić information content (AvgIpc) is 2.49. The van der Waals surface area contributed by atoms with Gasteiger partial charge in [0.15, 0.2) is 0 Å². The Bertz CT molecular complexity index is 415. The molecule has 92 valence electrons. The van der Waals surface area contributed by atoms with E-state index in [1.807, 2.05) is 17.0 Å². The van der Waals surface area contributed by atoms with Crippen molar-refractivity contribution in [3.05, 3.63) is 34.9 Å². The van der Waals surface area contributed by atoms with Crippen LogP contribution in [0.4, 0.5) is 0 Å². The lowest BCUT2D eigenvalue weighted by atomic mass is 9.98. The molecular formula is C14H20N2O. The van der Waals surface area contributed by atoms with Crippen LogP contribution in [0.15, 0.2) is 18.2 Å². The number of carbonyl (C=O) groups is 1. The topological polar surface area (TPSA) is 46.3 Å². The zero-order valence-corrected chi connectivity index (χ0v) is 10.4. The van der Waals surface area contributed by atoms with Crippen molar-refractivity contribution in [2.75, 3.05) is 19.6 Å². The van der Waals surface area contributed by atoms with Crippen LogP contribution in [0.25, 0.3) is 0 Å². The van der Waals surface area contributed by atoms with Crippen LogP contribution in [-0.2, 0) is 6.42 Å². The summed E-state index contributed by atoms with van der Waals surface area (Å²) in [7, 11) is 0. The summed E-state index contributed by atoms with van der Waals surface area (Å²) in [6, 6.07) is 6.01. The van der Waals surface area contributed by atoms with Gasteiger partial charge in [-0.05, 0) is 49.9 Å². The van der Waals surface area contributed by atoms with Gasteiger partial charge in [-0.2, -0.15) is 0 Å². The first-order valence-corrected chi connectivity index (χ1v) is 6.32. The number of benzene rings is 1. The average molecular weight is 232 g/mol. The van der Waals surface area contributed by atoms with Gasteiger partial charge in [-0.3, -0.25) is 4.79 Å². The van der Waals surface area contributed by atoms with E-state index < -0.39 is 0 Å². The fourth-order valence-corrected chi connectivity index (χ4v) is 2.45. The highest BCUT2D eigenvalue weighted by Crippen LogP contribution is 2.21. The SMILES string of the molecule is Cc1cccc2c1CCCN(CCCN)C2=O. The monoisotopic (exact) mass is 232 g/mol. The van der Waals surface area contributed by atoms with Crippen LogP contribution in [0.3, 0.4) is 0 Å². The number of fused-ring (bicyclic) bond motifs is 1. The molecule has 3 heteroatoms. The number of aryl methyl sites for hydroxylation is 1. The molecule has 0 saturated heterocycles. The molecule has 2 rings (SSSR count). The summed E-state index contributed by atoms with van der Waals surface area (Å²) in [4.78, 5) is 14.3. The third kappa shape index (κ3) is 2.50. The molecule has 0 unspecified atom stereocenters. The summed E-state index contributed by atoms with van der Waals surface area (Å²) in [5.74, 6) is 0.176. The highest BCUT2D eigenvalue weighted by atomic mass is 16.2. The van der Waals surface area contributed by atoms with E-state index >= 15 is 0 Å². The van der Waals surface area contributed by atoms with Crippen LogP contribution in [0.1, 0.15) is 34.3 Å². The predicted octanol–water partition coefficient (Wildman–Crippen LogP) is 1.73. The Morgan fingerprint density at radius 2 is 2.24 bits per heavy atom. The lowest BCUT2D eigenvalue weighted by Crippen LogP contribution is -2.32. The van der Waals surface area contributed by atoms with Gasteiger partial charge >= 0.3 is 0 Å². The van der Waals surface area contributed by atoms with Crippen molar-refractivity contribution in [3.8, 4) is 0 Å². The van der Waals surface area contributed by atoms with Gasteiger partial charge < -0.3 is 10.6 Å². The van der Waals surface area contributed by atoms with Crippen LogP contribution >= 0.6 is 0 Å². The molecule has 0 radical (unpaired) electrons. The maximum Gasteiger partial charge on any atom is 0.254 e. The van der Waals surface area contributed by atoms with Crippen molar-refractivity contribution in [2.45, 2.75) is 26.2 Å². The van der Waals surface area contributed by atoms with Gasteiger partial charge in [0.2, 0.25) is 0 Å². The summed E-state index contributed by atoms with van der Waals surface area (Å²) < 4.78 is 0. The molecule has 0 aromatic heterocycles. The minimum Gasteiger partial charge on any atom is -0.339 e. The maximum absolute atomic E-state index is 12.4. The van der Waals surface area contributed by atoms with E-state index in [4.69, 9.17) is 5.73 Å². The second kappa shape index (κ2) is 5.32. The van der Waals surface area contributed by atoms with Gasteiger partial charge in [0, 0.05) is 18.7 Å². The first-order valence-electron chi connectivity index (χ1n) is 6.32. The van der Waals surface area contributed by atoms with Gasteiger partial charge in [-0.15, -0.1) is 0 Å². The minimum atomic E-state index is 0.176. The first-order chi connectivity index (χ1) is 8.24. The Morgan fingerprint density at radius 1 is 1.41 bits per heavy atom. The number of nitrogens with zero attached hydrogens (tertiary/aromatic N) is 1. The Morgan fingerprint density at radius 3 is 3.00 bits per heavy atom. The molecule has 1 aliphatic heterocycles. The van der Waals surface area contributed by atoms with E-state index in [0.29, 0.717) is 6.54 Å². The number of hydrogen-bond acceptors (Lipinski definition) is 2. The molecule has 1 aromatic carbocycles. The predicted molar refractivity (Wildman–Crippen MR) is 69.1 cm³/mol. The van der Waals surface area contributed by atoms with E-state index in [-0.39, 0.29) is 5.91 Å². The number of carbonyl (C=O) groups excluding carboxylic acids is 1. The van der Waals surface area contributed by atoms with Crippen LogP contribution in [0.5, 0.6) is 0 Å². The van der Waals surface area contributed by atoms with E-state index in [2.05, 4.69) is 13.0 Å². The number of amides is 1. The summed E-state index contributed by atoms with van der Waals surface area (Å²) in [5.41, 5.74) is 8.86. The molecular weight excluding hydrogens is 212 g/mol. The first kappa shape index (κ1) is 12.1. The second-order valence-electron chi connectivity index (χ2n) is 4.64. The molecule has 3 nitrogen and oxygen atoms in total. The van der Waals surface area contributed by atoms with E-state index in [1.54, 1.807) is 0 Å². The molecule has 0 bridgehead atoms. The summed E-state index contributed by atoms with van der Waals surface area (Å²) in [6.07, 6.45) is 2.94. The van der Waals surface area contributed by atoms with Gasteiger partial charge in [0.05, 0.1) is 0 Å². The third-order valence-electron chi connectivity index (χ3n) is 3.41. The zero-order valence-electron chi connectivity index (χ0n) is 10.4. The fraction of sp³-hybridized carbons (Fsp3) is 0.500. The minimum absolute atomic E-state index is 0.176. The highest BCUT2D eigenvalue weighted by molar-refractivity contribution is 5.96. The van der Waals surface area contributed by atoms with E-state index in [9.17, 15) is 4.79 Å². The Hall–Kier alpha value is -1.35. The molecule has 1 amide bonds. The van der Waals surface area contributed by atoms with Crippen LogP contribution in [0.2, 0.25) is 0 Å². The summed E-state index contributed by atoms with van der Waals surface area (Å²) in [5, 5.41) is 0. The molecule has 1 aliphatic rings. The number of nitrogens with two attached hydrogens (primary N) is 1. The van der Waals surface area contributed by atoms with Gasteiger partial charge in [-0.1, -0.05) is 12.1 Å². The van der Waals surface area contributed by atoms with Crippen molar-refractivity contribution < 1.29 is 4.79 Å². The Kier molecular flexibility index (Phi) is 3.79. The van der Waals surface area contributed by atoms with Crippen LogP contribution in [0, 0.1) is 6.92 Å². The van der Waals surface area contributed by atoms with Crippen molar-refractivity contribution >= 4 is 5.91 Å². The van der Waals surface area contributed by atoms with Crippen LogP contribution < -0.4 is 5.73 Å². The fourth-order valence-electron chi connectivity index (χ4n) is 2.45. The maximum atomic E-state index is 12.4. The van der Waals surface area contributed by atoms with Gasteiger partial charge in [0.1, 0.15) is 0 Å². The van der Waals surface area contributed by atoms with Crippen molar-refractivity contribution in [1.29, 1.82) is 0 Å². The van der Waals surface area contributed by atoms with Gasteiger partial charge in [0.25, 0.3) is 5.91 Å². The molecule has 0 atom stereocenters. The smallest absolute Gasteiger partial charge is 0.254 e. The Balaban J connectivity index is 2.27. The standard InChI is InChI=1S/C14H20N2O/c1-11-5-2-6-13-12(11)7-3-9-16(14(13)17)10-4-8-15/h2,5-6H,3-4,7-10,15H2,1H3. The molecule has 17 heavy (non-hydrogen) atoms. The lowest BCUT2D eigenvalue weighted by Gasteiger charge is -2.20. The quantitative estimate of drug-likeness (QED) is 0.862. The van der Waals surface area contributed by atoms with E-state index in [1.165, 1.54) is 11.1 Å². The largest absolute Gasteiger partial charge is 0.339 e.